The first-order chi connectivity index (χ1) is 10.9. The molecule has 0 saturated heterocycles. The number of benzene rings is 1. The number of aliphatic imine (C=N–C) groups is 1. The van der Waals surface area contributed by atoms with Crippen LogP contribution < -0.4 is 0 Å². The zero-order chi connectivity index (χ0) is 17.0. The molecule has 124 valence electrons. The van der Waals surface area contributed by atoms with E-state index in [1.54, 1.807) is 30.7 Å². The number of aromatic nitrogens is 2. The van der Waals surface area contributed by atoms with Gasteiger partial charge in [-0.1, -0.05) is 30.1 Å². The van der Waals surface area contributed by atoms with Crippen LogP contribution in [0.5, 0.6) is 0 Å². The van der Waals surface area contributed by atoms with Crippen LogP contribution in [-0.2, 0) is 4.74 Å². The van der Waals surface area contributed by atoms with Crippen molar-refractivity contribution in [3.05, 3.63) is 46.5 Å². The molecular formula is C17H21Cl2N3O. The Labute approximate surface area is 147 Å². The first-order valence-corrected chi connectivity index (χ1v) is 8.40. The summed E-state index contributed by atoms with van der Waals surface area (Å²) < 4.78 is 8.04. The predicted octanol–water partition coefficient (Wildman–Crippen LogP) is 5.66. The van der Waals surface area contributed by atoms with Gasteiger partial charge in [0.1, 0.15) is 5.69 Å². The van der Waals surface area contributed by atoms with Crippen molar-refractivity contribution in [2.45, 2.75) is 46.3 Å². The molecule has 0 bridgehead atoms. The molecule has 0 fully saturated rings. The Morgan fingerprint density at radius 2 is 2.04 bits per heavy atom. The topological polar surface area (TPSA) is 39.4 Å². The second-order valence-electron chi connectivity index (χ2n) is 5.63. The number of halogens is 2. The average Bonchev–Trinajstić information content (AvgIpc) is 2.98. The van der Waals surface area contributed by atoms with Gasteiger partial charge < -0.3 is 9.30 Å². The lowest BCUT2D eigenvalue weighted by Gasteiger charge is -2.18. The van der Waals surface area contributed by atoms with Crippen molar-refractivity contribution >= 4 is 34.8 Å². The highest BCUT2D eigenvalue weighted by molar-refractivity contribution is 6.36. The standard InChI is InChI=1S/C17H21Cl2N3O/c1-5-12(4)23-17(16-9-20-10-22(16)11(2)3)21-15-7-6-13(18)8-14(15)19/h6-12H,5H2,1-4H3. The highest BCUT2D eigenvalue weighted by atomic mass is 35.5. The minimum atomic E-state index is 0.0373. The van der Waals surface area contributed by atoms with E-state index in [0.29, 0.717) is 21.6 Å². The largest absolute Gasteiger partial charge is 0.473 e. The average molecular weight is 354 g/mol. The van der Waals surface area contributed by atoms with E-state index in [2.05, 4.69) is 30.7 Å². The molecule has 0 aliphatic rings. The quantitative estimate of drug-likeness (QED) is 0.513. The third-order valence-corrected chi connectivity index (χ3v) is 4.00. The van der Waals surface area contributed by atoms with E-state index in [1.807, 2.05) is 11.5 Å². The second kappa shape index (κ2) is 7.84. The molecule has 0 aliphatic heterocycles. The molecule has 0 spiro atoms. The Morgan fingerprint density at radius 1 is 1.30 bits per heavy atom. The maximum atomic E-state index is 6.24. The van der Waals surface area contributed by atoms with Gasteiger partial charge in [-0.15, -0.1) is 0 Å². The second-order valence-corrected chi connectivity index (χ2v) is 6.47. The van der Waals surface area contributed by atoms with E-state index in [1.165, 1.54) is 0 Å². The number of ether oxygens (including phenoxy) is 1. The summed E-state index contributed by atoms with van der Waals surface area (Å²) in [5.41, 5.74) is 1.44. The van der Waals surface area contributed by atoms with E-state index >= 15 is 0 Å². The zero-order valence-electron chi connectivity index (χ0n) is 13.8. The molecule has 1 atom stereocenters. The summed E-state index contributed by atoms with van der Waals surface area (Å²) in [5.74, 6) is 0.509. The van der Waals surface area contributed by atoms with Gasteiger partial charge in [0.15, 0.2) is 0 Å². The number of rotatable bonds is 5. The molecule has 4 nitrogen and oxygen atoms in total. The molecule has 0 radical (unpaired) electrons. The molecular weight excluding hydrogens is 333 g/mol. The normalized spacial score (nSPS) is 13.4. The highest BCUT2D eigenvalue weighted by Crippen LogP contribution is 2.29. The maximum Gasteiger partial charge on any atom is 0.240 e. The minimum Gasteiger partial charge on any atom is -0.473 e. The lowest BCUT2D eigenvalue weighted by atomic mass is 10.3. The number of imidazole rings is 1. The van der Waals surface area contributed by atoms with Crippen LogP contribution in [0.4, 0.5) is 5.69 Å². The lowest BCUT2D eigenvalue weighted by Crippen LogP contribution is -2.19. The summed E-state index contributed by atoms with van der Waals surface area (Å²) in [6.07, 6.45) is 4.45. The Kier molecular flexibility index (Phi) is 6.08. The molecule has 1 heterocycles. The SMILES string of the molecule is CCC(C)OC(=Nc1ccc(Cl)cc1Cl)c1cncn1C(C)C. The Morgan fingerprint density at radius 3 is 2.65 bits per heavy atom. The van der Waals surface area contributed by atoms with Crippen LogP contribution in [0.1, 0.15) is 45.9 Å². The third-order valence-electron chi connectivity index (χ3n) is 3.46. The minimum absolute atomic E-state index is 0.0373. The first-order valence-electron chi connectivity index (χ1n) is 7.65. The molecule has 6 heteroatoms. The van der Waals surface area contributed by atoms with E-state index in [-0.39, 0.29) is 12.1 Å². The van der Waals surface area contributed by atoms with Crippen molar-refractivity contribution in [2.75, 3.05) is 0 Å². The fourth-order valence-electron chi connectivity index (χ4n) is 1.98. The van der Waals surface area contributed by atoms with Gasteiger partial charge in [-0.05, 0) is 45.4 Å². The molecule has 2 rings (SSSR count). The van der Waals surface area contributed by atoms with E-state index < -0.39 is 0 Å². The van der Waals surface area contributed by atoms with E-state index in [4.69, 9.17) is 27.9 Å². The molecule has 23 heavy (non-hydrogen) atoms. The van der Waals surface area contributed by atoms with Gasteiger partial charge in [0.25, 0.3) is 0 Å². The summed E-state index contributed by atoms with van der Waals surface area (Å²) in [4.78, 5) is 8.84. The maximum absolute atomic E-state index is 6.24. The Hall–Kier alpha value is -1.52. The molecule has 1 unspecified atom stereocenters. The number of nitrogens with zero attached hydrogens (tertiary/aromatic N) is 3. The molecule has 2 aromatic rings. The summed E-state index contributed by atoms with van der Waals surface area (Å²) in [6.45, 7) is 8.25. The van der Waals surface area contributed by atoms with Gasteiger partial charge in [0.05, 0.1) is 29.3 Å². The van der Waals surface area contributed by atoms with Crippen LogP contribution in [0, 0.1) is 0 Å². The Balaban J connectivity index is 2.49. The highest BCUT2D eigenvalue weighted by Gasteiger charge is 2.16. The van der Waals surface area contributed by atoms with Crippen LogP contribution in [0.15, 0.2) is 35.7 Å². The van der Waals surface area contributed by atoms with Gasteiger partial charge in [-0.2, -0.15) is 0 Å². The van der Waals surface area contributed by atoms with Crippen LogP contribution in [0.25, 0.3) is 0 Å². The van der Waals surface area contributed by atoms with Crippen molar-refractivity contribution in [3.8, 4) is 0 Å². The van der Waals surface area contributed by atoms with Crippen LogP contribution in [-0.4, -0.2) is 21.6 Å². The van der Waals surface area contributed by atoms with Crippen LogP contribution in [0.2, 0.25) is 10.0 Å². The van der Waals surface area contributed by atoms with Crippen molar-refractivity contribution in [1.29, 1.82) is 0 Å². The Bertz CT molecular complexity index is 695. The lowest BCUT2D eigenvalue weighted by molar-refractivity contribution is 0.203. The van der Waals surface area contributed by atoms with Crippen LogP contribution in [0.3, 0.4) is 0 Å². The predicted molar refractivity (Wildman–Crippen MR) is 96.1 cm³/mol. The fraction of sp³-hybridized carbons (Fsp3) is 0.412. The van der Waals surface area contributed by atoms with E-state index in [0.717, 1.165) is 12.1 Å². The van der Waals surface area contributed by atoms with Gasteiger partial charge in [0.2, 0.25) is 5.90 Å². The summed E-state index contributed by atoms with van der Waals surface area (Å²) in [7, 11) is 0. The molecule has 0 N–H and O–H groups in total. The smallest absolute Gasteiger partial charge is 0.240 e. The monoisotopic (exact) mass is 353 g/mol. The number of hydrogen-bond acceptors (Lipinski definition) is 3. The third kappa shape index (κ3) is 4.49. The molecule has 0 saturated carbocycles. The van der Waals surface area contributed by atoms with Crippen molar-refractivity contribution in [3.63, 3.8) is 0 Å². The van der Waals surface area contributed by atoms with Crippen molar-refractivity contribution < 1.29 is 4.74 Å². The molecule has 0 amide bonds. The fourth-order valence-corrected chi connectivity index (χ4v) is 2.43. The molecule has 1 aromatic heterocycles. The van der Waals surface area contributed by atoms with Crippen molar-refractivity contribution in [2.24, 2.45) is 4.99 Å². The summed E-state index contributed by atoms with van der Waals surface area (Å²) in [5, 5.41) is 1.06. The molecule has 1 aromatic carbocycles. The van der Waals surface area contributed by atoms with Crippen LogP contribution >= 0.6 is 23.2 Å². The van der Waals surface area contributed by atoms with Gasteiger partial charge >= 0.3 is 0 Å². The van der Waals surface area contributed by atoms with E-state index in [9.17, 15) is 0 Å². The zero-order valence-corrected chi connectivity index (χ0v) is 15.3. The summed E-state index contributed by atoms with van der Waals surface area (Å²) >= 11 is 12.2. The van der Waals surface area contributed by atoms with Gasteiger partial charge in [-0.25, -0.2) is 9.98 Å². The van der Waals surface area contributed by atoms with Gasteiger partial charge in [0, 0.05) is 11.1 Å². The number of hydrogen-bond donors (Lipinski definition) is 0. The first kappa shape index (κ1) is 17.8. The van der Waals surface area contributed by atoms with Gasteiger partial charge in [-0.3, -0.25) is 0 Å². The molecule has 0 aliphatic carbocycles. The summed E-state index contributed by atoms with van der Waals surface area (Å²) in [6, 6.07) is 5.45. The van der Waals surface area contributed by atoms with Crippen molar-refractivity contribution in [1.82, 2.24) is 9.55 Å².